The van der Waals surface area contributed by atoms with Crippen molar-refractivity contribution in [1.82, 2.24) is 9.97 Å². The lowest BCUT2D eigenvalue weighted by Gasteiger charge is -2.33. The minimum Gasteiger partial charge on any atom is -0.494 e. The summed E-state index contributed by atoms with van der Waals surface area (Å²) < 4.78 is 5.58. The molecule has 142 valence electrons. The predicted molar refractivity (Wildman–Crippen MR) is 112 cm³/mol. The van der Waals surface area contributed by atoms with Gasteiger partial charge in [0.25, 0.3) is 5.56 Å². The van der Waals surface area contributed by atoms with E-state index in [1.54, 1.807) is 11.3 Å². The fourth-order valence-corrected chi connectivity index (χ4v) is 5.26. The van der Waals surface area contributed by atoms with Crippen molar-refractivity contribution in [3.05, 3.63) is 45.1 Å². The van der Waals surface area contributed by atoms with E-state index < -0.39 is 0 Å². The van der Waals surface area contributed by atoms with E-state index in [1.807, 2.05) is 31.2 Å². The number of ether oxygens (including phenoxy) is 1. The van der Waals surface area contributed by atoms with Crippen molar-refractivity contribution in [2.24, 2.45) is 11.3 Å². The Morgan fingerprint density at radius 1 is 1.33 bits per heavy atom. The molecule has 2 aromatic heterocycles. The summed E-state index contributed by atoms with van der Waals surface area (Å²) in [4.78, 5) is 22.9. The number of rotatable bonds is 3. The first-order valence-electron chi connectivity index (χ1n) is 9.64. The summed E-state index contributed by atoms with van der Waals surface area (Å²) in [6.07, 6.45) is 3.16. The first-order chi connectivity index (χ1) is 12.9. The zero-order valence-electron chi connectivity index (χ0n) is 16.4. The Morgan fingerprint density at radius 3 is 2.89 bits per heavy atom. The standard InChI is InChI=1S/C22H26N2O2S/c1-5-26-15-8-6-7-13(11-15)19-23-20(25)18-16-10-9-14(22(2,3)4)12-17(16)27-21(18)24-19/h6-8,11,14H,5,9-10,12H2,1-4H3,(H,23,24,25). The maximum atomic E-state index is 12.9. The molecule has 2 heterocycles. The van der Waals surface area contributed by atoms with Crippen LogP contribution in [-0.2, 0) is 12.8 Å². The molecule has 3 aromatic rings. The van der Waals surface area contributed by atoms with Crippen LogP contribution in [0.5, 0.6) is 5.75 Å². The lowest BCUT2D eigenvalue weighted by atomic mass is 9.72. The molecule has 1 atom stereocenters. The highest BCUT2D eigenvalue weighted by Crippen LogP contribution is 2.42. The number of aryl methyl sites for hydroxylation is 1. The second-order valence-corrected chi connectivity index (χ2v) is 9.45. The number of fused-ring (bicyclic) bond motifs is 3. The molecule has 0 fully saturated rings. The Kier molecular flexibility index (Phi) is 4.58. The second-order valence-electron chi connectivity index (χ2n) is 8.37. The van der Waals surface area contributed by atoms with E-state index in [2.05, 4.69) is 25.8 Å². The highest BCUT2D eigenvalue weighted by atomic mass is 32.1. The number of hydrogen-bond acceptors (Lipinski definition) is 4. The Bertz CT molecular complexity index is 1040. The third-order valence-electron chi connectivity index (χ3n) is 5.56. The van der Waals surface area contributed by atoms with Crippen LogP contribution < -0.4 is 10.3 Å². The van der Waals surface area contributed by atoms with Gasteiger partial charge < -0.3 is 9.72 Å². The monoisotopic (exact) mass is 382 g/mol. The summed E-state index contributed by atoms with van der Waals surface area (Å²) in [7, 11) is 0. The number of nitrogens with zero attached hydrogens (tertiary/aromatic N) is 1. The van der Waals surface area contributed by atoms with Gasteiger partial charge in [-0.1, -0.05) is 32.9 Å². The minimum absolute atomic E-state index is 0.0245. The maximum absolute atomic E-state index is 12.9. The molecule has 1 N–H and O–H groups in total. The zero-order chi connectivity index (χ0) is 19.2. The number of benzene rings is 1. The van der Waals surface area contributed by atoms with Crippen LogP contribution in [0, 0.1) is 11.3 Å². The zero-order valence-corrected chi connectivity index (χ0v) is 17.2. The number of thiophene rings is 1. The van der Waals surface area contributed by atoms with Crippen LogP contribution in [0.1, 0.15) is 44.6 Å². The van der Waals surface area contributed by atoms with Gasteiger partial charge in [0.1, 0.15) is 16.4 Å². The van der Waals surface area contributed by atoms with E-state index in [4.69, 9.17) is 9.72 Å². The Labute approximate surface area is 163 Å². The molecule has 0 saturated heterocycles. The van der Waals surface area contributed by atoms with Gasteiger partial charge in [-0.15, -0.1) is 11.3 Å². The van der Waals surface area contributed by atoms with Crippen LogP contribution in [-0.4, -0.2) is 16.6 Å². The van der Waals surface area contributed by atoms with E-state index in [0.717, 1.165) is 40.8 Å². The van der Waals surface area contributed by atoms with Crippen LogP contribution in [0.2, 0.25) is 0 Å². The smallest absolute Gasteiger partial charge is 0.260 e. The van der Waals surface area contributed by atoms with Crippen molar-refractivity contribution in [3.8, 4) is 17.1 Å². The van der Waals surface area contributed by atoms with Gasteiger partial charge in [-0.2, -0.15) is 0 Å². The van der Waals surface area contributed by atoms with Crippen molar-refractivity contribution in [2.75, 3.05) is 6.61 Å². The molecular formula is C22H26N2O2S. The molecule has 0 radical (unpaired) electrons. The fourth-order valence-electron chi connectivity index (χ4n) is 3.96. The lowest BCUT2D eigenvalue weighted by Crippen LogP contribution is -2.26. The molecule has 1 unspecified atom stereocenters. The van der Waals surface area contributed by atoms with Crippen LogP contribution in [0.15, 0.2) is 29.1 Å². The van der Waals surface area contributed by atoms with E-state index in [1.165, 1.54) is 10.4 Å². The summed E-state index contributed by atoms with van der Waals surface area (Å²) in [5.41, 5.74) is 2.36. The molecule has 5 heteroatoms. The van der Waals surface area contributed by atoms with Crippen molar-refractivity contribution >= 4 is 21.6 Å². The number of aromatic nitrogens is 2. The summed E-state index contributed by atoms with van der Waals surface area (Å²) >= 11 is 1.69. The molecule has 1 aliphatic carbocycles. The number of hydrogen-bond donors (Lipinski definition) is 1. The summed E-state index contributed by atoms with van der Waals surface area (Å²) in [5.74, 6) is 2.05. The van der Waals surface area contributed by atoms with Crippen molar-refractivity contribution in [1.29, 1.82) is 0 Å². The molecule has 1 aromatic carbocycles. The van der Waals surface area contributed by atoms with Gasteiger partial charge in [0.15, 0.2) is 0 Å². The van der Waals surface area contributed by atoms with Gasteiger partial charge in [0.05, 0.1) is 12.0 Å². The molecule has 27 heavy (non-hydrogen) atoms. The Balaban J connectivity index is 1.77. The molecular weight excluding hydrogens is 356 g/mol. The molecule has 0 bridgehead atoms. The summed E-state index contributed by atoms with van der Waals surface area (Å²) in [6.45, 7) is 9.50. The van der Waals surface area contributed by atoms with Gasteiger partial charge >= 0.3 is 0 Å². The number of aromatic amines is 1. The molecule has 4 rings (SSSR count). The highest BCUT2D eigenvalue weighted by Gasteiger charge is 2.31. The van der Waals surface area contributed by atoms with Crippen molar-refractivity contribution in [3.63, 3.8) is 0 Å². The van der Waals surface area contributed by atoms with Crippen molar-refractivity contribution in [2.45, 2.75) is 47.0 Å². The Hall–Kier alpha value is -2.14. The van der Waals surface area contributed by atoms with Crippen LogP contribution in [0.3, 0.4) is 0 Å². The first-order valence-corrected chi connectivity index (χ1v) is 10.5. The SMILES string of the molecule is CCOc1cccc(-c2nc3sc4c(c3c(=O)[nH]2)CCC(C(C)(C)C)C4)c1. The maximum Gasteiger partial charge on any atom is 0.260 e. The molecule has 0 aliphatic heterocycles. The van der Waals surface area contributed by atoms with E-state index in [0.29, 0.717) is 23.8 Å². The lowest BCUT2D eigenvalue weighted by molar-refractivity contribution is 0.218. The van der Waals surface area contributed by atoms with E-state index >= 15 is 0 Å². The topological polar surface area (TPSA) is 55.0 Å². The number of H-pyrrole nitrogens is 1. The molecule has 0 amide bonds. The van der Waals surface area contributed by atoms with Crippen molar-refractivity contribution < 1.29 is 4.74 Å². The Morgan fingerprint density at radius 2 is 2.15 bits per heavy atom. The van der Waals surface area contributed by atoms with Crippen LogP contribution in [0.25, 0.3) is 21.6 Å². The van der Waals surface area contributed by atoms with Gasteiger partial charge in [0, 0.05) is 10.4 Å². The summed E-state index contributed by atoms with van der Waals surface area (Å²) in [6, 6.07) is 7.73. The molecule has 0 spiro atoms. The summed E-state index contributed by atoms with van der Waals surface area (Å²) in [5, 5.41) is 0.798. The second kappa shape index (κ2) is 6.79. The third-order valence-corrected chi connectivity index (χ3v) is 6.71. The van der Waals surface area contributed by atoms with Crippen LogP contribution in [0.4, 0.5) is 0 Å². The quantitative estimate of drug-likeness (QED) is 0.677. The largest absolute Gasteiger partial charge is 0.494 e. The highest BCUT2D eigenvalue weighted by molar-refractivity contribution is 7.18. The van der Waals surface area contributed by atoms with Gasteiger partial charge in [-0.25, -0.2) is 4.98 Å². The molecule has 1 aliphatic rings. The van der Waals surface area contributed by atoms with E-state index in [9.17, 15) is 4.79 Å². The average molecular weight is 383 g/mol. The van der Waals surface area contributed by atoms with Gasteiger partial charge in [-0.3, -0.25) is 4.79 Å². The molecule has 0 saturated carbocycles. The van der Waals surface area contributed by atoms with Gasteiger partial charge in [0.2, 0.25) is 0 Å². The average Bonchev–Trinajstić information content (AvgIpc) is 2.99. The van der Waals surface area contributed by atoms with Crippen LogP contribution >= 0.6 is 11.3 Å². The van der Waals surface area contributed by atoms with Gasteiger partial charge in [-0.05, 0) is 55.2 Å². The predicted octanol–water partition coefficient (Wildman–Crippen LogP) is 5.20. The fraction of sp³-hybridized carbons (Fsp3) is 0.455. The number of nitrogens with one attached hydrogen (secondary N) is 1. The first kappa shape index (κ1) is 18.2. The normalized spacial score (nSPS) is 17.1. The molecule has 4 nitrogen and oxygen atoms in total. The van der Waals surface area contributed by atoms with E-state index in [-0.39, 0.29) is 5.56 Å². The minimum atomic E-state index is -0.0245. The third kappa shape index (κ3) is 3.41.